The van der Waals surface area contributed by atoms with Gasteiger partial charge in [0, 0.05) is 5.69 Å². The van der Waals surface area contributed by atoms with Crippen molar-refractivity contribution < 1.29 is 14.3 Å². The number of nitrogens with zero attached hydrogens (tertiary/aromatic N) is 3. The zero-order valence-electron chi connectivity index (χ0n) is 19.9. The van der Waals surface area contributed by atoms with Crippen LogP contribution in [0, 0.1) is 18.3 Å². The predicted octanol–water partition coefficient (Wildman–Crippen LogP) is 5.40. The lowest BCUT2D eigenvalue weighted by molar-refractivity contribution is 0.0528. The molecule has 0 aliphatic rings. The van der Waals surface area contributed by atoms with Gasteiger partial charge in [0.25, 0.3) is 6.01 Å². The van der Waals surface area contributed by atoms with Crippen molar-refractivity contribution in [2.24, 2.45) is 0 Å². The second kappa shape index (κ2) is 9.84. The van der Waals surface area contributed by atoms with E-state index in [9.17, 15) is 10.1 Å². The first-order valence-electron chi connectivity index (χ1n) is 11.5. The van der Waals surface area contributed by atoms with Crippen LogP contribution in [-0.2, 0) is 17.7 Å². The van der Waals surface area contributed by atoms with Crippen molar-refractivity contribution in [2.45, 2.75) is 40.7 Å². The molecule has 0 saturated carbocycles. The average molecular weight is 457 g/mol. The highest BCUT2D eigenvalue weighted by atomic mass is 16.5. The second-order valence-corrected chi connectivity index (χ2v) is 7.95. The molecule has 2 aromatic heterocycles. The summed E-state index contributed by atoms with van der Waals surface area (Å²) in [5.41, 5.74) is 7.42. The number of nitriles is 1. The smallest absolute Gasteiger partial charge is 0.340 e. The standard InChI is InChI=1S/C27H28N4O3/c1-5-20-17(4)29-24(22(20)15-28)19-13-11-18(12-14-19)16-31-25-21(26(32)33-6-2)9-8-10-23(25)30-27(31)34-7-3/h8-14,29H,5-7,16H2,1-4H3. The highest BCUT2D eigenvalue weighted by Crippen LogP contribution is 2.30. The van der Waals surface area contributed by atoms with Crippen LogP contribution in [0.5, 0.6) is 6.01 Å². The molecule has 7 nitrogen and oxygen atoms in total. The number of aromatic nitrogens is 3. The number of imidazole rings is 1. The monoisotopic (exact) mass is 456 g/mol. The van der Waals surface area contributed by atoms with Gasteiger partial charge in [0.2, 0.25) is 0 Å². The molecule has 0 aliphatic carbocycles. The fraction of sp³-hybridized carbons (Fsp3) is 0.296. The number of hydrogen-bond donors (Lipinski definition) is 1. The van der Waals surface area contributed by atoms with Gasteiger partial charge in [-0.25, -0.2) is 4.79 Å². The Balaban J connectivity index is 1.74. The molecule has 34 heavy (non-hydrogen) atoms. The summed E-state index contributed by atoms with van der Waals surface area (Å²) < 4.78 is 13.0. The molecule has 0 atom stereocenters. The van der Waals surface area contributed by atoms with Gasteiger partial charge in [0.05, 0.1) is 47.6 Å². The molecule has 0 spiro atoms. The molecule has 0 unspecified atom stereocenters. The lowest BCUT2D eigenvalue weighted by atomic mass is 10.0. The first-order chi connectivity index (χ1) is 16.5. The fourth-order valence-corrected chi connectivity index (χ4v) is 4.33. The van der Waals surface area contributed by atoms with Crippen LogP contribution in [0.25, 0.3) is 22.3 Å². The first kappa shape index (κ1) is 23.1. The van der Waals surface area contributed by atoms with Gasteiger partial charge < -0.3 is 14.5 Å². The number of H-pyrrole nitrogens is 1. The predicted molar refractivity (Wildman–Crippen MR) is 131 cm³/mol. The van der Waals surface area contributed by atoms with E-state index >= 15 is 0 Å². The third-order valence-corrected chi connectivity index (χ3v) is 5.87. The molecule has 0 saturated heterocycles. The van der Waals surface area contributed by atoms with Crippen LogP contribution >= 0.6 is 0 Å². The number of esters is 1. The van der Waals surface area contributed by atoms with Gasteiger partial charge >= 0.3 is 5.97 Å². The molecular weight excluding hydrogens is 428 g/mol. The summed E-state index contributed by atoms with van der Waals surface area (Å²) in [6.07, 6.45) is 0.806. The number of nitrogens with one attached hydrogen (secondary N) is 1. The van der Waals surface area contributed by atoms with Crippen molar-refractivity contribution in [3.05, 3.63) is 70.4 Å². The van der Waals surface area contributed by atoms with Gasteiger partial charge in [-0.2, -0.15) is 10.2 Å². The summed E-state index contributed by atoms with van der Waals surface area (Å²) >= 11 is 0. The number of carbonyl (C=O) groups excluding carboxylic acids is 1. The largest absolute Gasteiger partial charge is 0.465 e. The van der Waals surface area contributed by atoms with E-state index < -0.39 is 0 Å². The lowest BCUT2D eigenvalue weighted by Gasteiger charge is -2.12. The number of hydrogen-bond acceptors (Lipinski definition) is 5. The maximum absolute atomic E-state index is 12.6. The highest BCUT2D eigenvalue weighted by molar-refractivity contribution is 6.02. The summed E-state index contributed by atoms with van der Waals surface area (Å²) in [4.78, 5) is 20.6. The number of aryl methyl sites for hydroxylation is 1. The Morgan fingerprint density at radius 3 is 2.53 bits per heavy atom. The molecule has 2 aromatic carbocycles. The van der Waals surface area contributed by atoms with Gasteiger partial charge in [0.1, 0.15) is 6.07 Å². The van der Waals surface area contributed by atoms with Gasteiger partial charge in [0.15, 0.2) is 0 Å². The quantitative estimate of drug-likeness (QED) is 0.359. The van der Waals surface area contributed by atoms with E-state index in [1.165, 1.54) is 0 Å². The Labute approximate surface area is 199 Å². The molecule has 4 rings (SSSR count). The van der Waals surface area contributed by atoms with Crippen LogP contribution in [-0.4, -0.2) is 33.7 Å². The van der Waals surface area contributed by atoms with Crippen molar-refractivity contribution >= 4 is 17.0 Å². The minimum Gasteiger partial charge on any atom is -0.465 e. The van der Waals surface area contributed by atoms with Crippen LogP contribution < -0.4 is 4.74 Å². The third kappa shape index (κ3) is 4.15. The minimum atomic E-state index is -0.384. The summed E-state index contributed by atoms with van der Waals surface area (Å²) in [6, 6.07) is 16.3. The van der Waals surface area contributed by atoms with E-state index in [1.807, 2.05) is 48.7 Å². The number of benzene rings is 2. The maximum atomic E-state index is 12.6. The highest BCUT2D eigenvalue weighted by Gasteiger charge is 2.20. The number of rotatable bonds is 8. The molecular formula is C27H28N4O3. The van der Waals surface area contributed by atoms with Gasteiger partial charge in [-0.1, -0.05) is 37.3 Å². The van der Waals surface area contributed by atoms with E-state index in [2.05, 4.69) is 23.0 Å². The fourth-order valence-electron chi connectivity index (χ4n) is 4.33. The Hall–Kier alpha value is -4.05. The Kier molecular flexibility index (Phi) is 6.69. The Bertz CT molecular complexity index is 1370. The molecule has 0 bridgehead atoms. The van der Waals surface area contributed by atoms with Gasteiger partial charge in [-0.3, -0.25) is 4.57 Å². The van der Waals surface area contributed by atoms with Crippen molar-refractivity contribution in [1.82, 2.24) is 14.5 Å². The van der Waals surface area contributed by atoms with Crippen LogP contribution in [0.1, 0.15) is 53.5 Å². The molecule has 4 aromatic rings. The molecule has 0 aliphatic heterocycles. The molecule has 0 radical (unpaired) electrons. The molecule has 7 heteroatoms. The second-order valence-electron chi connectivity index (χ2n) is 7.95. The summed E-state index contributed by atoms with van der Waals surface area (Å²) in [5, 5.41) is 9.69. The summed E-state index contributed by atoms with van der Waals surface area (Å²) in [6.45, 7) is 8.97. The molecule has 174 valence electrons. The summed E-state index contributed by atoms with van der Waals surface area (Å²) in [5.74, 6) is -0.384. The van der Waals surface area contributed by atoms with Crippen molar-refractivity contribution in [1.29, 1.82) is 5.26 Å². The number of ether oxygens (including phenoxy) is 2. The van der Waals surface area contributed by atoms with Gasteiger partial charge in [-0.15, -0.1) is 0 Å². The summed E-state index contributed by atoms with van der Waals surface area (Å²) in [7, 11) is 0. The van der Waals surface area contributed by atoms with Gasteiger partial charge in [-0.05, 0) is 56.0 Å². The first-order valence-corrected chi connectivity index (χ1v) is 11.5. The molecule has 2 heterocycles. The number of carbonyl (C=O) groups is 1. The van der Waals surface area contributed by atoms with E-state index in [1.54, 1.807) is 19.1 Å². The minimum absolute atomic E-state index is 0.297. The van der Waals surface area contributed by atoms with Crippen LogP contribution in [0.15, 0.2) is 42.5 Å². The topological polar surface area (TPSA) is 92.9 Å². The van der Waals surface area contributed by atoms with E-state index in [0.717, 1.165) is 34.5 Å². The van der Waals surface area contributed by atoms with E-state index in [-0.39, 0.29) is 5.97 Å². The lowest BCUT2D eigenvalue weighted by Crippen LogP contribution is -2.10. The molecule has 0 amide bonds. The van der Waals surface area contributed by atoms with Crippen LogP contribution in [0.2, 0.25) is 0 Å². The zero-order valence-corrected chi connectivity index (χ0v) is 19.9. The SMILES string of the molecule is CCOC(=O)c1cccc2nc(OCC)n(Cc3ccc(-c4[nH]c(C)c(CC)c4C#N)cc3)c12. The maximum Gasteiger partial charge on any atom is 0.340 e. The normalized spacial score (nSPS) is 10.9. The molecule has 0 fully saturated rings. The molecule has 1 N–H and O–H groups in total. The van der Waals surface area contributed by atoms with E-state index in [0.29, 0.717) is 47.9 Å². The van der Waals surface area contributed by atoms with Crippen LogP contribution in [0.4, 0.5) is 0 Å². The Morgan fingerprint density at radius 1 is 1.12 bits per heavy atom. The average Bonchev–Trinajstić information content (AvgIpc) is 3.36. The Morgan fingerprint density at radius 2 is 1.88 bits per heavy atom. The third-order valence-electron chi connectivity index (χ3n) is 5.87. The number of fused-ring (bicyclic) bond motifs is 1. The zero-order chi connectivity index (χ0) is 24.2. The van der Waals surface area contributed by atoms with Crippen molar-refractivity contribution in [2.75, 3.05) is 13.2 Å². The van der Waals surface area contributed by atoms with Crippen molar-refractivity contribution in [3.8, 4) is 23.3 Å². The van der Waals surface area contributed by atoms with Crippen LogP contribution in [0.3, 0.4) is 0 Å². The van der Waals surface area contributed by atoms with Crippen molar-refractivity contribution in [3.63, 3.8) is 0 Å². The van der Waals surface area contributed by atoms with E-state index in [4.69, 9.17) is 9.47 Å². The number of aromatic amines is 1. The number of para-hydroxylation sites is 1.